The van der Waals surface area contributed by atoms with Crippen molar-refractivity contribution in [3.05, 3.63) is 35.4 Å². The van der Waals surface area contributed by atoms with Crippen molar-refractivity contribution in [1.29, 1.82) is 0 Å². The van der Waals surface area contributed by atoms with E-state index in [-0.39, 0.29) is 50.1 Å². The van der Waals surface area contributed by atoms with Gasteiger partial charge in [0, 0.05) is 24.0 Å². The van der Waals surface area contributed by atoms with Crippen LogP contribution < -0.4 is 10.6 Å². The van der Waals surface area contributed by atoms with Crippen molar-refractivity contribution < 1.29 is 28.7 Å². The smallest absolute Gasteiger partial charge is 0.305 e. The maximum Gasteiger partial charge on any atom is 0.305 e. The van der Waals surface area contributed by atoms with Gasteiger partial charge in [-0.05, 0) is 37.1 Å². The summed E-state index contributed by atoms with van der Waals surface area (Å²) >= 11 is 0. The zero-order chi connectivity index (χ0) is 20.8. The van der Waals surface area contributed by atoms with Crippen molar-refractivity contribution in [3.8, 4) is 0 Å². The summed E-state index contributed by atoms with van der Waals surface area (Å²) in [6, 6.07) is 6.15. The van der Waals surface area contributed by atoms with Crippen molar-refractivity contribution in [2.45, 2.75) is 39.5 Å². The topological polar surface area (TPSA) is 111 Å². The number of esters is 2. The molecule has 0 fully saturated rings. The van der Waals surface area contributed by atoms with E-state index in [0.29, 0.717) is 24.0 Å². The number of carbonyl (C=O) groups excluding carboxylic acids is 4. The third-order valence-electron chi connectivity index (χ3n) is 3.62. The van der Waals surface area contributed by atoms with Crippen LogP contribution in [0.1, 0.15) is 60.2 Å². The molecule has 28 heavy (non-hydrogen) atoms. The predicted molar refractivity (Wildman–Crippen MR) is 103 cm³/mol. The summed E-state index contributed by atoms with van der Waals surface area (Å²) in [6.45, 7) is 4.44. The van der Waals surface area contributed by atoms with Crippen LogP contribution in [-0.4, -0.2) is 50.1 Å². The highest BCUT2D eigenvalue weighted by Gasteiger charge is 2.09. The minimum atomic E-state index is -0.318. The Kier molecular flexibility index (Phi) is 11.0. The number of amides is 2. The fourth-order valence-electron chi connectivity index (χ4n) is 2.19. The van der Waals surface area contributed by atoms with Crippen LogP contribution in [0.2, 0.25) is 0 Å². The average molecular weight is 392 g/mol. The molecule has 0 radical (unpaired) electrons. The SMILES string of the molecule is CCCC(=O)OCCNC(=O)c1ccc(C(=O)NCCOC(=O)CCC)cc1. The molecule has 0 spiro atoms. The normalized spacial score (nSPS) is 10.1. The fourth-order valence-corrected chi connectivity index (χ4v) is 2.19. The molecule has 0 aliphatic heterocycles. The lowest BCUT2D eigenvalue weighted by Gasteiger charge is -2.08. The first kappa shape index (κ1) is 23.1. The molecule has 1 aromatic rings. The number of carbonyl (C=O) groups is 4. The Hall–Kier alpha value is -2.90. The Morgan fingerprint density at radius 3 is 1.39 bits per heavy atom. The van der Waals surface area contributed by atoms with E-state index >= 15 is 0 Å². The molecule has 1 aromatic carbocycles. The lowest BCUT2D eigenvalue weighted by Crippen LogP contribution is -2.29. The van der Waals surface area contributed by atoms with Gasteiger partial charge in [-0.2, -0.15) is 0 Å². The van der Waals surface area contributed by atoms with E-state index in [2.05, 4.69) is 10.6 Å². The zero-order valence-electron chi connectivity index (χ0n) is 16.4. The lowest BCUT2D eigenvalue weighted by molar-refractivity contribution is -0.144. The summed E-state index contributed by atoms with van der Waals surface area (Å²) in [5.41, 5.74) is 0.787. The minimum Gasteiger partial charge on any atom is -0.464 e. The monoisotopic (exact) mass is 392 g/mol. The summed E-state index contributed by atoms with van der Waals surface area (Å²) in [6.07, 6.45) is 2.15. The second kappa shape index (κ2) is 13.3. The van der Waals surface area contributed by atoms with Gasteiger partial charge in [-0.3, -0.25) is 19.2 Å². The highest BCUT2D eigenvalue weighted by Crippen LogP contribution is 2.04. The van der Waals surface area contributed by atoms with Crippen LogP contribution in [0.25, 0.3) is 0 Å². The zero-order valence-corrected chi connectivity index (χ0v) is 16.4. The van der Waals surface area contributed by atoms with Crippen molar-refractivity contribution >= 4 is 23.8 Å². The van der Waals surface area contributed by atoms with Gasteiger partial charge < -0.3 is 20.1 Å². The first-order chi connectivity index (χ1) is 13.5. The number of nitrogens with one attached hydrogen (secondary N) is 2. The Morgan fingerprint density at radius 2 is 1.07 bits per heavy atom. The molecular weight excluding hydrogens is 364 g/mol. The van der Waals surface area contributed by atoms with Gasteiger partial charge in [0.15, 0.2) is 0 Å². The molecular formula is C20H28N2O6. The molecule has 0 aromatic heterocycles. The Balaban J connectivity index is 2.33. The van der Waals surface area contributed by atoms with Crippen molar-refractivity contribution in [2.75, 3.05) is 26.3 Å². The molecule has 8 nitrogen and oxygen atoms in total. The van der Waals surface area contributed by atoms with E-state index in [0.717, 1.165) is 12.8 Å². The van der Waals surface area contributed by atoms with Crippen LogP contribution in [0.4, 0.5) is 0 Å². The highest BCUT2D eigenvalue weighted by atomic mass is 16.5. The number of hydrogen-bond acceptors (Lipinski definition) is 6. The highest BCUT2D eigenvalue weighted by molar-refractivity contribution is 5.97. The van der Waals surface area contributed by atoms with Crippen LogP contribution in [0, 0.1) is 0 Å². The standard InChI is InChI=1S/C20H28N2O6/c1-3-5-17(23)27-13-11-21-19(25)15-7-9-16(10-8-15)20(26)22-12-14-28-18(24)6-4-2/h7-10H,3-6,11-14H2,1-2H3,(H,21,25)(H,22,26). The second-order valence-electron chi connectivity index (χ2n) is 6.03. The predicted octanol–water partition coefficient (Wildman–Crippen LogP) is 1.83. The summed E-state index contributed by atoms with van der Waals surface area (Å²) in [5.74, 6) is -1.21. The van der Waals surface area contributed by atoms with E-state index in [1.54, 1.807) is 0 Å². The quantitative estimate of drug-likeness (QED) is 0.415. The molecule has 2 N–H and O–H groups in total. The molecule has 0 aliphatic rings. The van der Waals surface area contributed by atoms with Crippen molar-refractivity contribution in [3.63, 3.8) is 0 Å². The van der Waals surface area contributed by atoms with Gasteiger partial charge in [0.1, 0.15) is 13.2 Å². The van der Waals surface area contributed by atoms with Crippen LogP contribution in [0.15, 0.2) is 24.3 Å². The number of rotatable bonds is 12. The van der Waals surface area contributed by atoms with Gasteiger partial charge in [0.2, 0.25) is 0 Å². The summed E-state index contributed by atoms with van der Waals surface area (Å²) in [4.78, 5) is 46.5. The molecule has 2 amide bonds. The minimum absolute atomic E-state index is 0.119. The van der Waals surface area contributed by atoms with Crippen LogP contribution >= 0.6 is 0 Å². The van der Waals surface area contributed by atoms with Crippen molar-refractivity contribution in [1.82, 2.24) is 10.6 Å². The average Bonchev–Trinajstić information content (AvgIpc) is 2.69. The van der Waals surface area contributed by atoms with Gasteiger partial charge >= 0.3 is 11.9 Å². The molecule has 154 valence electrons. The maximum absolute atomic E-state index is 12.0. The fraction of sp³-hybridized carbons (Fsp3) is 0.500. The van der Waals surface area contributed by atoms with E-state index in [9.17, 15) is 19.2 Å². The molecule has 8 heteroatoms. The molecule has 0 atom stereocenters. The third-order valence-corrected chi connectivity index (χ3v) is 3.62. The molecule has 0 bridgehead atoms. The Bertz CT molecular complexity index is 600. The number of hydrogen-bond donors (Lipinski definition) is 2. The molecule has 1 rings (SSSR count). The van der Waals surface area contributed by atoms with Crippen LogP contribution in [0.5, 0.6) is 0 Å². The van der Waals surface area contributed by atoms with Crippen LogP contribution in [-0.2, 0) is 19.1 Å². The van der Waals surface area contributed by atoms with E-state index in [1.807, 2.05) is 13.8 Å². The van der Waals surface area contributed by atoms with Crippen LogP contribution in [0.3, 0.4) is 0 Å². The van der Waals surface area contributed by atoms with Gasteiger partial charge in [-0.25, -0.2) is 0 Å². The molecule has 0 unspecified atom stereocenters. The lowest BCUT2D eigenvalue weighted by atomic mass is 10.1. The van der Waals surface area contributed by atoms with Gasteiger partial charge in [-0.15, -0.1) is 0 Å². The molecule has 0 saturated heterocycles. The Labute approximate surface area is 165 Å². The first-order valence-corrected chi connectivity index (χ1v) is 9.45. The summed E-state index contributed by atoms with van der Waals surface area (Å²) in [7, 11) is 0. The molecule has 0 saturated carbocycles. The van der Waals surface area contributed by atoms with Gasteiger partial charge in [-0.1, -0.05) is 13.8 Å². The second-order valence-corrected chi connectivity index (χ2v) is 6.03. The Morgan fingerprint density at radius 1 is 0.714 bits per heavy atom. The van der Waals surface area contributed by atoms with E-state index in [1.165, 1.54) is 24.3 Å². The first-order valence-electron chi connectivity index (χ1n) is 9.45. The molecule has 0 aliphatic carbocycles. The summed E-state index contributed by atoms with van der Waals surface area (Å²) in [5, 5.41) is 5.29. The van der Waals surface area contributed by atoms with Gasteiger partial charge in [0.05, 0.1) is 13.1 Å². The largest absolute Gasteiger partial charge is 0.464 e. The van der Waals surface area contributed by atoms with E-state index in [4.69, 9.17) is 9.47 Å². The van der Waals surface area contributed by atoms with Crippen molar-refractivity contribution in [2.24, 2.45) is 0 Å². The van der Waals surface area contributed by atoms with Gasteiger partial charge in [0.25, 0.3) is 11.8 Å². The number of ether oxygens (including phenoxy) is 2. The number of benzene rings is 1. The van der Waals surface area contributed by atoms with E-state index < -0.39 is 0 Å². The maximum atomic E-state index is 12.0. The summed E-state index contributed by atoms with van der Waals surface area (Å²) < 4.78 is 9.91. The molecule has 0 heterocycles. The third kappa shape index (κ3) is 9.16.